The van der Waals surface area contributed by atoms with E-state index < -0.39 is 41.2 Å². The molecule has 0 N–H and O–H groups in total. The number of hydrogen-bond acceptors (Lipinski definition) is 7. The van der Waals surface area contributed by atoms with Crippen LogP contribution in [-0.2, 0) is 33.3 Å². The van der Waals surface area contributed by atoms with Crippen molar-refractivity contribution in [1.29, 1.82) is 0 Å². The average molecular weight is 339 g/mol. The summed E-state index contributed by atoms with van der Waals surface area (Å²) < 4.78 is 20.2. The summed E-state index contributed by atoms with van der Waals surface area (Å²) in [5.41, 5.74) is 0. The monoisotopic (exact) mass is 338 g/mol. The van der Waals surface area contributed by atoms with Crippen molar-refractivity contribution in [3.8, 4) is 0 Å². The molecule has 0 amide bonds. The number of halogens is 1. The van der Waals surface area contributed by atoms with Crippen molar-refractivity contribution in [2.24, 2.45) is 0 Å². The maximum absolute atomic E-state index is 11.0. The molecule has 1 aliphatic rings. The molecule has 0 aliphatic carbocycles. The number of hydrogen-bond donors (Lipinski definition) is 0. The maximum atomic E-state index is 11.0. The van der Waals surface area contributed by atoms with Gasteiger partial charge in [0.2, 0.25) is 6.29 Å². The molecule has 0 bridgehead atoms. The first kappa shape index (κ1) is 15.9. The predicted octanol–water partition coefficient (Wildman–Crippen LogP) is 0.533. The summed E-state index contributed by atoms with van der Waals surface area (Å²) in [6.45, 7) is 3.66. The van der Waals surface area contributed by atoms with E-state index in [1.807, 2.05) is 0 Å². The normalized spacial score (nSPS) is 29.7. The second kappa shape index (κ2) is 6.85. The van der Waals surface area contributed by atoms with Crippen molar-refractivity contribution in [3.05, 3.63) is 0 Å². The first-order valence-electron chi connectivity index (χ1n) is 5.58. The molecular formula is C11H15BrO7. The highest BCUT2D eigenvalue weighted by Crippen LogP contribution is 2.31. The summed E-state index contributed by atoms with van der Waals surface area (Å²) in [6.07, 6.45) is -2.30. The van der Waals surface area contributed by atoms with Gasteiger partial charge in [0.1, 0.15) is 23.6 Å². The number of esters is 3. The van der Waals surface area contributed by atoms with Crippen LogP contribution in [0.15, 0.2) is 0 Å². The molecule has 0 saturated carbocycles. The molecule has 0 aromatic heterocycles. The number of carbonyl (C=O) groups excluding carboxylic acids is 3. The molecule has 7 nitrogen and oxygen atoms in total. The molecule has 1 saturated heterocycles. The van der Waals surface area contributed by atoms with Crippen LogP contribution in [0.2, 0.25) is 0 Å². The topological polar surface area (TPSA) is 88.1 Å². The minimum atomic E-state index is -0.901. The molecule has 108 valence electrons. The number of ether oxygens (including phenoxy) is 4. The molecule has 0 aromatic carbocycles. The van der Waals surface area contributed by atoms with E-state index in [0.29, 0.717) is 0 Å². The van der Waals surface area contributed by atoms with Crippen LogP contribution in [0.25, 0.3) is 0 Å². The van der Waals surface area contributed by atoms with Gasteiger partial charge >= 0.3 is 17.9 Å². The molecule has 0 radical (unpaired) electrons. The van der Waals surface area contributed by atoms with Crippen LogP contribution < -0.4 is 0 Å². The van der Waals surface area contributed by atoms with Gasteiger partial charge < -0.3 is 18.9 Å². The van der Waals surface area contributed by atoms with Crippen molar-refractivity contribution in [1.82, 2.24) is 0 Å². The van der Waals surface area contributed by atoms with E-state index in [4.69, 9.17) is 18.9 Å². The van der Waals surface area contributed by atoms with Gasteiger partial charge in [-0.05, 0) is 0 Å². The predicted molar refractivity (Wildman–Crippen MR) is 65.3 cm³/mol. The number of rotatable bonds is 4. The van der Waals surface area contributed by atoms with Gasteiger partial charge in [-0.1, -0.05) is 15.9 Å². The Hall–Kier alpha value is -1.15. The van der Waals surface area contributed by atoms with E-state index in [1.165, 1.54) is 20.8 Å². The molecule has 0 aromatic rings. The third kappa shape index (κ3) is 4.79. The van der Waals surface area contributed by atoms with Gasteiger partial charge in [0.25, 0.3) is 0 Å². The maximum Gasteiger partial charge on any atom is 0.304 e. The lowest BCUT2D eigenvalue weighted by atomic mass is 10.2. The zero-order valence-electron chi connectivity index (χ0n) is 10.8. The lowest BCUT2D eigenvalue weighted by molar-refractivity contribution is -0.179. The van der Waals surface area contributed by atoms with Crippen LogP contribution in [0.5, 0.6) is 0 Å². The minimum Gasteiger partial charge on any atom is -0.463 e. The molecule has 1 fully saturated rings. The second-order valence-electron chi connectivity index (χ2n) is 3.97. The molecule has 8 heteroatoms. The molecule has 1 aliphatic heterocycles. The summed E-state index contributed by atoms with van der Waals surface area (Å²) >= 11 is 3.26. The first-order valence-corrected chi connectivity index (χ1v) is 6.50. The summed E-state index contributed by atoms with van der Waals surface area (Å²) in [7, 11) is 0. The summed E-state index contributed by atoms with van der Waals surface area (Å²) in [5, 5.41) is 0. The largest absolute Gasteiger partial charge is 0.463 e. The Bertz CT molecular complexity index is 370. The molecule has 1 heterocycles. The zero-order chi connectivity index (χ0) is 14.6. The van der Waals surface area contributed by atoms with Gasteiger partial charge in [-0.3, -0.25) is 14.4 Å². The zero-order valence-corrected chi connectivity index (χ0v) is 12.3. The van der Waals surface area contributed by atoms with Gasteiger partial charge in [0.05, 0.1) is 0 Å². The fourth-order valence-electron chi connectivity index (χ4n) is 1.61. The van der Waals surface area contributed by atoms with Crippen LogP contribution >= 0.6 is 15.9 Å². The number of carbonyl (C=O) groups is 3. The SMILES string of the molecule is CC(=O)OC[C@H]1O[C@H](OC(C)=O)[C@@H](Br)[C@@H]1OC(C)=O. The second-order valence-corrected chi connectivity index (χ2v) is 5.03. The molecule has 0 unspecified atom stereocenters. The van der Waals surface area contributed by atoms with Gasteiger partial charge in [0, 0.05) is 20.8 Å². The van der Waals surface area contributed by atoms with Crippen LogP contribution in [0.4, 0.5) is 0 Å². The summed E-state index contributed by atoms with van der Waals surface area (Å²) in [4.78, 5) is 32.2. The van der Waals surface area contributed by atoms with Gasteiger partial charge in [-0.25, -0.2) is 0 Å². The van der Waals surface area contributed by atoms with E-state index >= 15 is 0 Å². The summed E-state index contributed by atoms with van der Waals surface area (Å²) in [5.74, 6) is -1.51. The van der Waals surface area contributed by atoms with Gasteiger partial charge in [-0.2, -0.15) is 0 Å². The molecule has 1 rings (SSSR count). The molecule has 19 heavy (non-hydrogen) atoms. The van der Waals surface area contributed by atoms with Crippen LogP contribution in [-0.4, -0.2) is 47.8 Å². The Morgan fingerprint density at radius 2 is 1.63 bits per heavy atom. The van der Waals surface area contributed by atoms with Crippen LogP contribution in [0.3, 0.4) is 0 Å². The Morgan fingerprint density at radius 1 is 1.05 bits per heavy atom. The van der Waals surface area contributed by atoms with Crippen molar-refractivity contribution in [3.63, 3.8) is 0 Å². The third-order valence-corrected chi connectivity index (χ3v) is 3.24. The van der Waals surface area contributed by atoms with Gasteiger partial charge in [0.15, 0.2) is 0 Å². The van der Waals surface area contributed by atoms with E-state index in [0.717, 1.165) is 0 Å². The highest BCUT2D eigenvalue weighted by Gasteiger charge is 2.47. The Kier molecular flexibility index (Phi) is 5.74. The van der Waals surface area contributed by atoms with Crippen molar-refractivity contribution >= 4 is 33.8 Å². The molecular weight excluding hydrogens is 324 g/mol. The average Bonchev–Trinajstić information content (AvgIpc) is 2.53. The highest BCUT2D eigenvalue weighted by atomic mass is 79.9. The van der Waals surface area contributed by atoms with Crippen molar-refractivity contribution in [2.45, 2.75) is 44.1 Å². The van der Waals surface area contributed by atoms with E-state index in [2.05, 4.69) is 15.9 Å². The van der Waals surface area contributed by atoms with E-state index in [9.17, 15) is 14.4 Å². The van der Waals surface area contributed by atoms with Gasteiger partial charge in [-0.15, -0.1) is 0 Å². The fourth-order valence-corrected chi connectivity index (χ4v) is 2.29. The Balaban J connectivity index is 2.71. The Labute approximate surface area is 118 Å². The lowest BCUT2D eigenvalue weighted by Crippen LogP contribution is -2.36. The minimum absolute atomic E-state index is 0.0901. The van der Waals surface area contributed by atoms with Crippen molar-refractivity contribution in [2.75, 3.05) is 6.61 Å². The number of alkyl halides is 1. The smallest absolute Gasteiger partial charge is 0.304 e. The fraction of sp³-hybridized carbons (Fsp3) is 0.727. The standard InChI is InChI=1S/C11H15BrO7/c1-5(13)16-4-8-10(17-6(2)14)9(12)11(19-8)18-7(3)15/h8-11H,4H2,1-3H3/t8-,9+,10-,11+/m1/s1. The van der Waals surface area contributed by atoms with E-state index in [1.54, 1.807) is 0 Å². The quantitative estimate of drug-likeness (QED) is 0.419. The lowest BCUT2D eigenvalue weighted by Gasteiger charge is -2.18. The molecule has 4 atom stereocenters. The first-order chi connectivity index (χ1) is 8.81. The van der Waals surface area contributed by atoms with E-state index in [-0.39, 0.29) is 6.61 Å². The molecule has 0 spiro atoms. The highest BCUT2D eigenvalue weighted by molar-refractivity contribution is 9.09. The van der Waals surface area contributed by atoms with Crippen LogP contribution in [0, 0.1) is 0 Å². The Morgan fingerprint density at radius 3 is 2.11 bits per heavy atom. The van der Waals surface area contributed by atoms with Crippen LogP contribution in [0.1, 0.15) is 20.8 Å². The summed E-state index contributed by atoms with van der Waals surface area (Å²) in [6, 6.07) is 0. The third-order valence-electron chi connectivity index (χ3n) is 2.28. The van der Waals surface area contributed by atoms with Crippen molar-refractivity contribution < 1.29 is 33.3 Å².